The molecule has 0 aliphatic carbocycles. The summed E-state index contributed by atoms with van der Waals surface area (Å²) in [5, 5.41) is 5.43. The Bertz CT molecular complexity index is 1040. The standard InChI is InChI=1S/C26H32F4N4O3/c1-33-7-9-34(10-8-33)24(35)17-31-5-11-37-12-6-32-26(36)25-21(27)15-20(16-22(25)28)19-4-2-3-18(13-19)14-23(29)30/h2-4,13,15-16,23,31H,5-12,14,17H2,1H3,(H,32,36). The van der Waals surface area contributed by atoms with Gasteiger partial charge < -0.3 is 25.2 Å². The number of halogens is 4. The Morgan fingerprint density at radius 1 is 0.973 bits per heavy atom. The number of benzene rings is 2. The number of hydrogen-bond acceptors (Lipinski definition) is 5. The summed E-state index contributed by atoms with van der Waals surface area (Å²) in [6.45, 7) is 4.26. The molecular formula is C26H32F4N4O3. The van der Waals surface area contributed by atoms with Gasteiger partial charge in [-0.2, -0.15) is 0 Å². The van der Waals surface area contributed by atoms with Crippen molar-refractivity contribution in [3.63, 3.8) is 0 Å². The first-order chi connectivity index (χ1) is 17.7. The third-order valence-electron chi connectivity index (χ3n) is 6.01. The first-order valence-electron chi connectivity index (χ1n) is 12.1. The second-order valence-corrected chi connectivity index (χ2v) is 8.84. The fourth-order valence-electron chi connectivity index (χ4n) is 3.95. The Morgan fingerprint density at radius 2 is 1.65 bits per heavy atom. The molecule has 0 saturated carbocycles. The van der Waals surface area contributed by atoms with Crippen LogP contribution in [-0.2, 0) is 16.0 Å². The van der Waals surface area contributed by atoms with Crippen molar-refractivity contribution < 1.29 is 31.9 Å². The molecular weight excluding hydrogens is 492 g/mol. The van der Waals surface area contributed by atoms with E-state index in [1.165, 1.54) is 18.2 Å². The van der Waals surface area contributed by atoms with Gasteiger partial charge in [0.2, 0.25) is 12.3 Å². The van der Waals surface area contributed by atoms with Crippen molar-refractivity contribution >= 4 is 11.8 Å². The van der Waals surface area contributed by atoms with Crippen molar-refractivity contribution in [1.29, 1.82) is 0 Å². The molecule has 1 heterocycles. The van der Waals surface area contributed by atoms with Crippen molar-refractivity contribution in [3.8, 4) is 11.1 Å². The second kappa shape index (κ2) is 14.1. The van der Waals surface area contributed by atoms with Gasteiger partial charge in [-0.25, -0.2) is 17.6 Å². The van der Waals surface area contributed by atoms with Gasteiger partial charge in [0.05, 0.1) is 19.8 Å². The molecule has 0 aromatic heterocycles. The predicted molar refractivity (Wildman–Crippen MR) is 132 cm³/mol. The predicted octanol–water partition coefficient (Wildman–Crippen LogP) is 2.55. The lowest BCUT2D eigenvalue weighted by Crippen LogP contribution is -2.49. The summed E-state index contributed by atoms with van der Waals surface area (Å²) in [5.74, 6) is -2.99. The molecule has 0 atom stereocenters. The van der Waals surface area contributed by atoms with Crippen LogP contribution in [-0.4, -0.2) is 94.1 Å². The topological polar surface area (TPSA) is 73.9 Å². The van der Waals surface area contributed by atoms with Gasteiger partial charge in [-0.1, -0.05) is 24.3 Å². The number of carbonyl (C=O) groups excluding carboxylic acids is 2. The average Bonchev–Trinajstić information content (AvgIpc) is 2.85. The Labute approximate surface area is 213 Å². The number of nitrogens with one attached hydrogen (secondary N) is 2. The maximum absolute atomic E-state index is 14.6. The van der Waals surface area contributed by atoms with Crippen molar-refractivity contribution in [2.45, 2.75) is 12.8 Å². The maximum atomic E-state index is 14.6. The zero-order valence-corrected chi connectivity index (χ0v) is 20.7. The lowest BCUT2D eigenvalue weighted by molar-refractivity contribution is -0.131. The fourth-order valence-corrected chi connectivity index (χ4v) is 3.95. The van der Waals surface area contributed by atoms with Gasteiger partial charge in [-0.3, -0.25) is 9.59 Å². The van der Waals surface area contributed by atoms with Gasteiger partial charge in [-0.05, 0) is 35.9 Å². The number of ether oxygens (including phenoxy) is 1. The van der Waals surface area contributed by atoms with Crippen molar-refractivity contribution in [2.75, 3.05) is 66.1 Å². The molecule has 2 aromatic rings. The van der Waals surface area contributed by atoms with E-state index < -0.39 is 36.0 Å². The second-order valence-electron chi connectivity index (χ2n) is 8.84. The Kier molecular flexibility index (Phi) is 10.8. The van der Waals surface area contributed by atoms with E-state index in [9.17, 15) is 27.2 Å². The normalized spacial score (nSPS) is 14.3. The number of piperazine rings is 1. The lowest BCUT2D eigenvalue weighted by atomic mass is 9.99. The van der Waals surface area contributed by atoms with Crippen LogP contribution in [0.2, 0.25) is 0 Å². The van der Waals surface area contributed by atoms with Crippen LogP contribution >= 0.6 is 0 Å². The lowest BCUT2D eigenvalue weighted by Gasteiger charge is -2.32. The van der Waals surface area contributed by atoms with Crippen molar-refractivity contribution in [1.82, 2.24) is 20.4 Å². The summed E-state index contributed by atoms with van der Waals surface area (Å²) in [6, 6.07) is 8.04. The summed E-state index contributed by atoms with van der Waals surface area (Å²) < 4.78 is 59.9. The van der Waals surface area contributed by atoms with Gasteiger partial charge in [0.1, 0.15) is 17.2 Å². The summed E-state index contributed by atoms with van der Waals surface area (Å²) >= 11 is 0. The third kappa shape index (κ3) is 8.80. The van der Waals surface area contributed by atoms with Gasteiger partial charge in [-0.15, -0.1) is 0 Å². The number of nitrogens with zero attached hydrogens (tertiary/aromatic N) is 2. The van der Waals surface area contributed by atoms with E-state index in [2.05, 4.69) is 15.5 Å². The van der Waals surface area contributed by atoms with Crippen molar-refractivity contribution in [3.05, 3.63) is 59.2 Å². The van der Waals surface area contributed by atoms with E-state index in [4.69, 9.17) is 4.74 Å². The number of amides is 2. The van der Waals surface area contributed by atoms with Gasteiger partial charge in [0.25, 0.3) is 5.91 Å². The van der Waals surface area contributed by atoms with Crippen LogP contribution in [0.5, 0.6) is 0 Å². The summed E-state index contributed by atoms with van der Waals surface area (Å²) in [4.78, 5) is 28.4. The highest BCUT2D eigenvalue weighted by molar-refractivity contribution is 5.95. The molecule has 0 radical (unpaired) electrons. The molecule has 2 amide bonds. The minimum absolute atomic E-state index is 0.0371. The van der Waals surface area contributed by atoms with Crippen LogP contribution in [0, 0.1) is 11.6 Å². The number of hydrogen-bond donors (Lipinski definition) is 2. The third-order valence-corrected chi connectivity index (χ3v) is 6.01. The number of carbonyl (C=O) groups is 2. The highest BCUT2D eigenvalue weighted by atomic mass is 19.3. The van der Waals surface area contributed by atoms with Gasteiger partial charge in [0.15, 0.2) is 0 Å². The minimum Gasteiger partial charge on any atom is -0.378 e. The molecule has 1 saturated heterocycles. The number of likely N-dealkylation sites (N-methyl/N-ethyl adjacent to an activating group) is 1. The molecule has 0 bridgehead atoms. The highest BCUT2D eigenvalue weighted by Gasteiger charge is 2.20. The van der Waals surface area contributed by atoms with E-state index >= 15 is 0 Å². The molecule has 3 rings (SSSR count). The molecule has 0 unspecified atom stereocenters. The van der Waals surface area contributed by atoms with Crippen molar-refractivity contribution in [2.24, 2.45) is 0 Å². The van der Waals surface area contributed by atoms with E-state index in [0.717, 1.165) is 25.2 Å². The molecule has 37 heavy (non-hydrogen) atoms. The van der Waals surface area contributed by atoms with Crippen LogP contribution in [0.25, 0.3) is 11.1 Å². The SMILES string of the molecule is CN1CCN(C(=O)CNCCOCCNC(=O)c2c(F)cc(-c3cccc(CC(F)F)c3)cc2F)CC1. The Balaban J connectivity index is 1.38. The summed E-state index contributed by atoms with van der Waals surface area (Å²) in [7, 11) is 2.02. The molecule has 2 N–H and O–H groups in total. The first kappa shape index (κ1) is 28.5. The van der Waals surface area contributed by atoms with Crippen LogP contribution in [0.15, 0.2) is 36.4 Å². The van der Waals surface area contributed by atoms with E-state index in [1.807, 2.05) is 11.9 Å². The monoisotopic (exact) mass is 524 g/mol. The molecule has 1 aliphatic heterocycles. The zero-order valence-electron chi connectivity index (χ0n) is 20.7. The maximum Gasteiger partial charge on any atom is 0.257 e. The Hall–Kier alpha value is -3.02. The molecule has 1 fully saturated rings. The molecule has 0 spiro atoms. The molecule has 2 aromatic carbocycles. The van der Waals surface area contributed by atoms with Crippen LogP contribution in [0.1, 0.15) is 15.9 Å². The molecule has 1 aliphatic rings. The van der Waals surface area contributed by atoms with Crippen LogP contribution < -0.4 is 10.6 Å². The highest BCUT2D eigenvalue weighted by Crippen LogP contribution is 2.26. The molecule has 11 heteroatoms. The summed E-state index contributed by atoms with van der Waals surface area (Å²) in [6.07, 6.45) is -3.00. The molecule has 202 valence electrons. The minimum atomic E-state index is -2.54. The first-order valence-corrected chi connectivity index (χ1v) is 12.1. The average molecular weight is 525 g/mol. The zero-order chi connectivity index (χ0) is 26.8. The van der Waals surface area contributed by atoms with E-state index in [-0.39, 0.29) is 31.2 Å². The largest absolute Gasteiger partial charge is 0.378 e. The Morgan fingerprint density at radius 3 is 2.32 bits per heavy atom. The number of alkyl halides is 2. The smallest absolute Gasteiger partial charge is 0.257 e. The van der Waals surface area contributed by atoms with Gasteiger partial charge >= 0.3 is 0 Å². The molecule has 7 nitrogen and oxygen atoms in total. The van der Waals surface area contributed by atoms with Gasteiger partial charge in [0, 0.05) is 45.7 Å². The fraction of sp³-hybridized carbons (Fsp3) is 0.462. The van der Waals surface area contributed by atoms with Crippen LogP contribution in [0.3, 0.4) is 0 Å². The quantitative estimate of drug-likeness (QED) is 0.330. The van der Waals surface area contributed by atoms with E-state index in [1.54, 1.807) is 6.07 Å². The summed E-state index contributed by atoms with van der Waals surface area (Å²) in [5.41, 5.74) is 0.128. The van der Waals surface area contributed by atoms with Crippen LogP contribution in [0.4, 0.5) is 17.6 Å². The van der Waals surface area contributed by atoms with E-state index in [0.29, 0.717) is 37.4 Å². The number of rotatable bonds is 12.